The molecule has 136 valence electrons. The number of hydrogen-bond donors (Lipinski definition) is 0. The molecule has 0 fully saturated rings. The van der Waals surface area contributed by atoms with Crippen molar-refractivity contribution in [2.24, 2.45) is 0 Å². The Morgan fingerprint density at radius 3 is 2.85 bits per heavy atom. The fourth-order valence-electron chi connectivity index (χ4n) is 3.66. The summed E-state index contributed by atoms with van der Waals surface area (Å²) < 4.78 is 30.0. The third-order valence-electron chi connectivity index (χ3n) is 4.95. The van der Waals surface area contributed by atoms with E-state index in [1.54, 1.807) is 30.6 Å². The number of aromatic nitrogens is 4. The first-order chi connectivity index (χ1) is 13.0. The van der Waals surface area contributed by atoms with Crippen LogP contribution in [0.1, 0.15) is 17.0 Å². The van der Waals surface area contributed by atoms with Gasteiger partial charge in [-0.25, -0.2) is 17.9 Å². The van der Waals surface area contributed by atoms with Gasteiger partial charge in [0.1, 0.15) is 4.90 Å². The van der Waals surface area contributed by atoms with E-state index in [-0.39, 0.29) is 11.4 Å². The van der Waals surface area contributed by atoms with E-state index in [0.717, 1.165) is 28.0 Å². The molecule has 27 heavy (non-hydrogen) atoms. The van der Waals surface area contributed by atoms with Crippen molar-refractivity contribution in [2.75, 3.05) is 6.54 Å². The molecule has 0 amide bonds. The Bertz CT molecular complexity index is 1290. The molecule has 0 spiro atoms. The molecule has 5 rings (SSSR count). The van der Waals surface area contributed by atoms with Crippen LogP contribution in [0.5, 0.6) is 0 Å². The molecule has 0 aliphatic carbocycles. The maximum Gasteiger partial charge on any atom is 0.245 e. The second kappa shape index (κ2) is 5.83. The largest absolute Gasteiger partial charge is 0.255 e. The molecule has 3 aromatic heterocycles. The molecule has 4 aromatic rings. The quantitative estimate of drug-likeness (QED) is 0.534. The lowest BCUT2D eigenvalue weighted by atomic mass is 10.1. The fraction of sp³-hybridized carbons (Fsp3) is 0.211. The Labute approximate surface area is 156 Å². The molecule has 1 aliphatic heterocycles. The Hall–Kier alpha value is -2.84. The van der Waals surface area contributed by atoms with Crippen molar-refractivity contribution >= 4 is 26.6 Å². The lowest BCUT2D eigenvalue weighted by molar-refractivity contribution is 0.384. The van der Waals surface area contributed by atoms with Gasteiger partial charge in [-0.3, -0.25) is 4.98 Å². The molecule has 0 saturated carbocycles. The number of fused-ring (bicyclic) bond motifs is 4. The van der Waals surface area contributed by atoms with Crippen LogP contribution < -0.4 is 0 Å². The van der Waals surface area contributed by atoms with E-state index in [1.807, 2.05) is 29.6 Å². The molecule has 0 N–H and O–H groups in total. The van der Waals surface area contributed by atoms with Crippen LogP contribution in [0.4, 0.5) is 0 Å². The highest BCUT2D eigenvalue weighted by Crippen LogP contribution is 2.28. The van der Waals surface area contributed by atoms with Crippen molar-refractivity contribution in [3.63, 3.8) is 0 Å². The van der Waals surface area contributed by atoms with Crippen LogP contribution in [0.2, 0.25) is 0 Å². The van der Waals surface area contributed by atoms with Crippen molar-refractivity contribution in [3.8, 4) is 0 Å². The molecule has 7 nitrogen and oxygen atoms in total. The first-order valence-corrected chi connectivity index (χ1v) is 10.1. The van der Waals surface area contributed by atoms with E-state index in [4.69, 9.17) is 0 Å². The molecule has 0 saturated heterocycles. The van der Waals surface area contributed by atoms with E-state index in [9.17, 15) is 8.42 Å². The summed E-state index contributed by atoms with van der Waals surface area (Å²) in [7, 11) is -3.67. The van der Waals surface area contributed by atoms with Crippen LogP contribution in [0.25, 0.3) is 16.6 Å². The van der Waals surface area contributed by atoms with Crippen LogP contribution >= 0.6 is 0 Å². The Morgan fingerprint density at radius 1 is 1.11 bits per heavy atom. The van der Waals surface area contributed by atoms with E-state index >= 15 is 0 Å². The average molecular weight is 379 g/mol. The van der Waals surface area contributed by atoms with Gasteiger partial charge in [0.15, 0.2) is 5.65 Å². The second-order valence-corrected chi connectivity index (χ2v) is 8.61. The van der Waals surface area contributed by atoms with Gasteiger partial charge < -0.3 is 0 Å². The monoisotopic (exact) mass is 379 g/mol. The molecular weight excluding hydrogens is 362 g/mol. The van der Waals surface area contributed by atoms with Crippen LogP contribution in [-0.2, 0) is 23.0 Å². The molecule has 0 unspecified atom stereocenters. The fourth-order valence-corrected chi connectivity index (χ4v) is 5.24. The number of para-hydroxylation sites is 1. The first kappa shape index (κ1) is 16.3. The van der Waals surface area contributed by atoms with Gasteiger partial charge in [0.05, 0.1) is 16.9 Å². The minimum absolute atomic E-state index is 0.244. The number of aryl methyl sites for hydroxylation is 1. The Kier molecular flexibility index (Phi) is 3.53. The molecule has 8 heteroatoms. The van der Waals surface area contributed by atoms with Gasteiger partial charge in [0.25, 0.3) is 0 Å². The summed E-state index contributed by atoms with van der Waals surface area (Å²) in [5, 5.41) is 5.30. The summed E-state index contributed by atoms with van der Waals surface area (Å²) in [6.07, 6.45) is 3.97. The number of pyridine rings is 1. The maximum absolute atomic E-state index is 13.3. The first-order valence-electron chi connectivity index (χ1n) is 8.71. The SMILES string of the molecule is Cc1cc2ncc3c(n2n1)CCN(S(=O)(=O)c1cccc2cccnc12)C3. The standard InChI is InChI=1S/C19H17N5O2S/c1-13-10-18-21-11-15-12-23(9-7-16(15)24(18)22-13)27(25,26)17-6-2-4-14-5-3-8-20-19(14)17/h2-6,8,10-11H,7,9,12H2,1H3. The van der Waals surface area contributed by atoms with Crippen molar-refractivity contribution in [3.05, 3.63) is 65.7 Å². The second-order valence-electron chi connectivity index (χ2n) is 6.71. The number of hydrogen-bond acceptors (Lipinski definition) is 5. The van der Waals surface area contributed by atoms with Gasteiger partial charge in [-0.15, -0.1) is 0 Å². The Morgan fingerprint density at radius 2 is 1.96 bits per heavy atom. The van der Waals surface area contributed by atoms with Crippen LogP contribution in [0.15, 0.2) is 53.7 Å². The van der Waals surface area contributed by atoms with Crippen molar-refractivity contribution in [1.29, 1.82) is 0 Å². The molecule has 0 atom stereocenters. The number of rotatable bonds is 2. The predicted molar refractivity (Wildman–Crippen MR) is 101 cm³/mol. The molecule has 0 radical (unpaired) electrons. The van der Waals surface area contributed by atoms with E-state index in [2.05, 4.69) is 15.1 Å². The summed E-state index contributed by atoms with van der Waals surface area (Å²) in [6, 6.07) is 10.8. The molecule has 4 heterocycles. The summed E-state index contributed by atoms with van der Waals surface area (Å²) in [4.78, 5) is 8.96. The Balaban J connectivity index is 1.58. The smallest absolute Gasteiger partial charge is 0.245 e. The van der Waals surface area contributed by atoms with Crippen LogP contribution in [0, 0.1) is 6.92 Å². The normalized spacial score (nSPS) is 15.3. The van der Waals surface area contributed by atoms with E-state index < -0.39 is 10.0 Å². The van der Waals surface area contributed by atoms with Gasteiger partial charge in [-0.2, -0.15) is 9.40 Å². The zero-order valence-electron chi connectivity index (χ0n) is 14.7. The maximum atomic E-state index is 13.3. The lowest BCUT2D eigenvalue weighted by Crippen LogP contribution is -2.37. The van der Waals surface area contributed by atoms with E-state index in [0.29, 0.717) is 18.5 Å². The minimum atomic E-state index is -3.67. The summed E-state index contributed by atoms with van der Waals surface area (Å²) in [5.74, 6) is 0. The minimum Gasteiger partial charge on any atom is -0.255 e. The van der Waals surface area contributed by atoms with Crippen LogP contribution in [0.3, 0.4) is 0 Å². The number of benzene rings is 1. The molecular formula is C19H17N5O2S. The zero-order valence-corrected chi connectivity index (χ0v) is 15.5. The number of nitrogens with zero attached hydrogens (tertiary/aromatic N) is 5. The van der Waals surface area contributed by atoms with Crippen molar-refractivity contribution in [1.82, 2.24) is 23.9 Å². The van der Waals surface area contributed by atoms with Gasteiger partial charge in [0, 0.05) is 48.9 Å². The predicted octanol–water partition coefficient (Wildman–Crippen LogP) is 2.33. The highest BCUT2D eigenvalue weighted by atomic mass is 32.2. The third-order valence-corrected chi connectivity index (χ3v) is 6.83. The van der Waals surface area contributed by atoms with Gasteiger partial charge in [0.2, 0.25) is 10.0 Å². The number of sulfonamides is 1. The highest BCUT2D eigenvalue weighted by molar-refractivity contribution is 7.89. The average Bonchev–Trinajstić information content (AvgIpc) is 3.07. The van der Waals surface area contributed by atoms with Crippen molar-refractivity contribution < 1.29 is 8.42 Å². The molecule has 1 aromatic carbocycles. The highest BCUT2D eigenvalue weighted by Gasteiger charge is 2.31. The summed E-state index contributed by atoms with van der Waals surface area (Å²) in [5.41, 5.74) is 4.10. The molecule has 1 aliphatic rings. The van der Waals surface area contributed by atoms with Gasteiger partial charge in [-0.1, -0.05) is 18.2 Å². The third kappa shape index (κ3) is 2.52. The summed E-state index contributed by atoms with van der Waals surface area (Å²) in [6.45, 7) is 2.60. The summed E-state index contributed by atoms with van der Waals surface area (Å²) >= 11 is 0. The van der Waals surface area contributed by atoms with E-state index in [1.165, 1.54) is 4.31 Å². The lowest BCUT2D eigenvalue weighted by Gasteiger charge is -2.28. The van der Waals surface area contributed by atoms with Gasteiger partial charge >= 0.3 is 0 Å². The van der Waals surface area contributed by atoms with Crippen molar-refractivity contribution in [2.45, 2.75) is 24.8 Å². The topological polar surface area (TPSA) is 80.5 Å². The zero-order chi connectivity index (χ0) is 18.6. The molecule has 0 bridgehead atoms. The van der Waals surface area contributed by atoms with Gasteiger partial charge in [-0.05, 0) is 19.1 Å². The van der Waals surface area contributed by atoms with Crippen LogP contribution in [-0.4, -0.2) is 38.8 Å².